The summed E-state index contributed by atoms with van der Waals surface area (Å²) in [5, 5.41) is 9.93. The van der Waals surface area contributed by atoms with Crippen LogP contribution in [0, 0.1) is 0 Å². The monoisotopic (exact) mass is 354 g/mol. The van der Waals surface area contributed by atoms with Gasteiger partial charge in [-0.2, -0.15) is 4.98 Å². The number of carbonyl (C=O) groups excluding carboxylic acids is 1. The summed E-state index contributed by atoms with van der Waals surface area (Å²) in [6, 6.07) is 10.7. The van der Waals surface area contributed by atoms with Crippen LogP contribution in [0.2, 0.25) is 0 Å². The molecule has 4 rings (SSSR count). The van der Waals surface area contributed by atoms with Gasteiger partial charge < -0.3 is 4.90 Å². The summed E-state index contributed by atoms with van der Waals surface area (Å²) < 4.78 is 0. The Bertz CT molecular complexity index is 731. The van der Waals surface area contributed by atoms with E-state index in [-0.39, 0.29) is 6.03 Å². The van der Waals surface area contributed by atoms with E-state index >= 15 is 0 Å². The van der Waals surface area contributed by atoms with E-state index in [4.69, 9.17) is 0 Å². The van der Waals surface area contributed by atoms with Gasteiger partial charge in [0.15, 0.2) is 0 Å². The second-order valence-electron chi connectivity index (χ2n) is 7.15. The van der Waals surface area contributed by atoms with Crippen molar-refractivity contribution in [3.63, 3.8) is 0 Å². The Hall–Kier alpha value is -2.41. The molecule has 7 heteroatoms. The molecular formula is C19H26N6O. The Kier molecular flexibility index (Phi) is 5.15. The number of anilines is 1. The molecule has 1 atom stereocenters. The molecule has 3 heterocycles. The first-order valence-corrected chi connectivity index (χ1v) is 9.53. The summed E-state index contributed by atoms with van der Waals surface area (Å²) in [6.45, 7) is 3.87. The molecule has 0 bridgehead atoms. The molecule has 2 saturated heterocycles. The number of fused-ring (bicyclic) bond motifs is 1. The van der Waals surface area contributed by atoms with Crippen LogP contribution < -0.4 is 5.32 Å². The van der Waals surface area contributed by atoms with Gasteiger partial charge in [-0.1, -0.05) is 30.3 Å². The Morgan fingerprint density at radius 3 is 2.88 bits per heavy atom. The van der Waals surface area contributed by atoms with E-state index in [1.807, 2.05) is 23.1 Å². The van der Waals surface area contributed by atoms with Crippen LogP contribution in [0.25, 0.3) is 0 Å². The number of hydrogen-bond donors (Lipinski definition) is 2. The first-order valence-electron chi connectivity index (χ1n) is 9.53. The van der Waals surface area contributed by atoms with Crippen molar-refractivity contribution in [2.45, 2.75) is 38.1 Å². The summed E-state index contributed by atoms with van der Waals surface area (Å²) in [4.78, 5) is 21.4. The number of rotatable bonds is 4. The predicted molar refractivity (Wildman–Crippen MR) is 100 cm³/mol. The smallest absolute Gasteiger partial charge is 0.323 e. The molecule has 2 amide bonds. The van der Waals surface area contributed by atoms with E-state index in [2.05, 4.69) is 37.5 Å². The predicted octanol–water partition coefficient (Wildman–Crippen LogP) is 2.29. The van der Waals surface area contributed by atoms with Crippen molar-refractivity contribution in [1.82, 2.24) is 25.0 Å². The van der Waals surface area contributed by atoms with Crippen LogP contribution in [0.15, 0.2) is 30.3 Å². The van der Waals surface area contributed by atoms with Crippen LogP contribution in [-0.4, -0.2) is 63.2 Å². The van der Waals surface area contributed by atoms with Crippen LogP contribution in [0.5, 0.6) is 0 Å². The van der Waals surface area contributed by atoms with Crippen molar-refractivity contribution in [3.8, 4) is 0 Å². The number of aromatic nitrogens is 3. The lowest BCUT2D eigenvalue weighted by Crippen LogP contribution is -2.41. The maximum Gasteiger partial charge on any atom is 0.324 e. The third-order valence-corrected chi connectivity index (χ3v) is 5.33. The van der Waals surface area contributed by atoms with Gasteiger partial charge in [0.25, 0.3) is 0 Å². The van der Waals surface area contributed by atoms with Gasteiger partial charge in [0.05, 0.1) is 0 Å². The number of aryl methyl sites for hydroxylation is 2. The SMILES string of the molecule is O=C(Nc1n[nH]c(CCc2ccccc2)n1)N1CCCN2CCC[C@H]2C1. The molecule has 138 valence electrons. The Balaban J connectivity index is 1.31. The van der Waals surface area contributed by atoms with Gasteiger partial charge in [-0.15, -0.1) is 5.10 Å². The number of nitrogens with one attached hydrogen (secondary N) is 2. The third-order valence-electron chi connectivity index (χ3n) is 5.33. The van der Waals surface area contributed by atoms with Gasteiger partial charge >= 0.3 is 6.03 Å². The van der Waals surface area contributed by atoms with Gasteiger partial charge in [0, 0.05) is 32.1 Å². The Labute approximate surface area is 153 Å². The number of nitrogens with zero attached hydrogens (tertiary/aromatic N) is 4. The minimum Gasteiger partial charge on any atom is -0.323 e. The summed E-state index contributed by atoms with van der Waals surface area (Å²) in [5.41, 5.74) is 1.26. The minimum absolute atomic E-state index is 0.0904. The van der Waals surface area contributed by atoms with Gasteiger partial charge in [-0.05, 0) is 37.8 Å². The maximum absolute atomic E-state index is 12.6. The number of carbonyl (C=O) groups is 1. The molecule has 2 aliphatic heterocycles. The van der Waals surface area contributed by atoms with E-state index in [9.17, 15) is 4.79 Å². The molecule has 0 radical (unpaired) electrons. The van der Waals surface area contributed by atoms with Crippen molar-refractivity contribution in [1.29, 1.82) is 0 Å². The summed E-state index contributed by atoms with van der Waals surface area (Å²) in [5.74, 6) is 1.16. The van der Waals surface area contributed by atoms with Gasteiger partial charge in [-0.25, -0.2) is 4.79 Å². The second kappa shape index (κ2) is 7.86. The zero-order valence-electron chi connectivity index (χ0n) is 15.0. The van der Waals surface area contributed by atoms with Crippen LogP contribution in [0.4, 0.5) is 10.7 Å². The first-order chi connectivity index (χ1) is 12.8. The number of benzene rings is 1. The Morgan fingerprint density at radius 1 is 1.15 bits per heavy atom. The fraction of sp³-hybridized carbons (Fsp3) is 0.526. The lowest BCUT2D eigenvalue weighted by molar-refractivity contribution is 0.200. The highest BCUT2D eigenvalue weighted by Crippen LogP contribution is 2.21. The van der Waals surface area contributed by atoms with Crippen LogP contribution in [-0.2, 0) is 12.8 Å². The lowest BCUT2D eigenvalue weighted by atomic mass is 10.1. The van der Waals surface area contributed by atoms with Gasteiger partial charge in [0.1, 0.15) is 5.82 Å². The Morgan fingerprint density at radius 2 is 2.00 bits per heavy atom. The number of amides is 2. The van der Waals surface area contributed by atoms with Gasteiger partial charge in [-0.3, -0.25) is 15.3 Å². The first kappa shape index (κ1) is 17.0. The highest BCUT2D eigenvalue weighted by molar-refractivity contribution is 5.87. The van der Waals surface area contributed by atoms with E-state index in [0.29, 0.717) is 12.0 Å². The fourth-order valence-corrected chi connectivity index (χ4v) is 3.94. The maximum atomic E-state index is 12.6. The standard InChI is InChI=1S/C19H26N6O/c26-19(25-13-5-12-24-11-4-8-16(24)14-25)21-18-20-17(22-23-18)10-9-15-6-2-1-3-7-15/h1-3,6-7,16H,4-5,8-14H2,(H2,20,21,22,23,26)/t16-/m0/s1. The molecule has 7 nitrogen and oxygen atoms in total. The molecule has 1 aromatic heterocycles. The molecule has 0 saturated carbocycles. The number of H-pyrrole nitrogens is 1. The van der Waals surface area contributed by atoms with Crippen molar-refractivity contribution in [2.24, 2.45) is 0 Å². The van der Waals surface area contributed by atoms with E-state index < -0.39 is 0 Å². The highest BCUT2D eigenvalue weighted by Gasteiger charge is 2.30. The van der Waals surface area contributed by atoms with Crippen molar-refractivity contribution in [2.75, 3.05) is 31.5 Å². The number of urea groups is 1. The minimum atomic E-state index is -0.0904. The molecular weight excluding hydrogens is 328 g/mol. The van der Waals surface area contributed by atoms with Crippen molar-refractivity contribution < 1.29 is 4.79 Å². The average molecular weight is 354 g/mol. The van der Waals surface area contributed by atoms with Crippen LogP contribution in [0.3, 0.4) is 0 Å². The lowest BCUT2D eigenvalue weighted by Gasteiger charge is -2.25. The summed E-state index contributed by atoms with van der Waals surface area (Å²) >= 11 is 0. The number of aromatic amines is 1. The zero-order chi connectivity index (χ0) is 17.8. The van der Waals surface area contributed by atoms with Crippen LogP contribution >= 0.6 is 0 Å². The highest BCUT2D eigenvalue weighted by atomic mass is 16.2. The van der Waals surface area contributed by atoms with Gasteiger partial charge in [0.2, 0.25) is 5.95 Å². The van der Waals surface area contributed by atoms with E-state index in [1.165, 1.54) is 24.9 Å². The summed E-state index contributed by atoms with van der Waals surface area (Å²) in [6.07, 6.45) is 5.13. The molecule has 0 unspecified atom stereocenters. The van der Waals surface area contributed by atoms with Crippen molar-refractivity contribution >= 4 is 12.0 Å². The van der Waals surface area contributed by atoms with Crippen LogP contribution in [0.1, 0.15) is 30.7 Å². The fourth-order valence-electron chi connectivity index (χ4n) is 3.94. The van der Waals surface area contributed by atoms with Crippen molar-refractivity contribution in [3.05, 3.63) is 41.7 Å². The average Bonchev–Trinajstić information content (AvgIpc) is 3.25. The molecule has 2 fully saturated rings. The van der Waals surface area contributed by atoms with E-state index in [1.54, 1.807) is 0 Å². The zero-order valence-corrected chi connectivity index (χ0v) is 15.0. The second-order valence-corrected chi connectivity index (χ2v) is 7.15. The molecule has 2 N–H and O–H groups in total. The topological polar surface area (TPSA) is 77.1 Å². The largest absolute Gasteiger partial charge is 0.324 e. The quantitative estimate of drug-likeness (QED) is 0.883. The third kappa shape index (κ3) is 4.04. The van der Waals surface area contributed by atoms with E-state index in [0.717, 1.165) is 44.7 Å². The molecule has 0 aliphatic carbocycles. The number of hydrogen-bond acceptors (Lipinski definition) is 4. The molecule has 0 spiro atoms. The molecule has 2 aliphatic rings. The normalized spacial score (nSPS) is 20.6. The molecule has 26 heavy (non-hydrogen) atoms. The molecule has 1 aromatic carbocycles. The summed E-state index contributed by atoms with van der Waals surface area (Å²) in [7, 11) is 0. The molecule has 2 aromatic rings.